The predicted octanol–water partition coefficient (Wildman–Crippen LogP) is 6.07. The lowest BCUT2D eigenvalue weighted by molar-refractivity contribution is 0.457. The minimum Gasteiger partial charge on any atom is -0.277 e. The van der Waals surface area contributed by atoms with Gasteiger partial charge in [0.25, 0.3) is 0 Å². The van der Waals surface area contributed by atoms with Gasteiger partial charge in [0.05, 0.1) is 22.7 Å². The van der Waals surface area contributed by atoms with Gasteiger partial charge < -0.3 is 0 Å². The van der Waals surface area contributed by atoms with Crippen LogP contribution < -0.4 is 0 Å². The second kappa shape index (κ2) is 5.32. The fourth-order valence-corrected chi connectivity index (χ4v) is 2.67. The smallest absolute Gasteiger partial charge is 0.0856 e. The van der Waals surface area contributed by atoms with Gasteiger partial charge in [0.2, 0.25) is 0 Å². The molecule has 1 rings (SSSR count). The minimum atomic E-state index is -0.106. The number of nitrogens with zero attached hydrogens (tertiary/aromatic N) is 2. The maximum Gasteiger partial charge on any atom is 0.0856 e. The molecule has 0 amide bonds. The highest BCUT2D eigenvalue weighted by atomic mass is 14.9. The topological polar surface area (TPSA) is 24.7 Å². The van der Waals surface area contributed by atoms with Crippen molar-refractivity contribution in [2.24, 2.45) is 26.2 Å². The van der Waals surface area contributed by atoms with Crippen LogP contribution in [0.2, 0.25) is 0 Å². The minimum absolute atomic E-state index is 0.00637. The van der Waals surface area contributed by atoms with E-state index in [1.807, 2.05) is 0 Å². The van der Waals surface area contributed by atoms with Crippen LogP contribution >= 0.6 is 0 Å². The number of hydrogen-bond donors (Lipinski definition) is 0. The summed E-state index contributed by atoms with van der Waals surface area (Å²) in [6.07, 6.45) is 0. The zero-order chi connectivity index (χ0) is 17.7. The quantitative estimate of drug-likeness (QED) is 0.518. The molecule has 0 aromatic heterocycles. The average molecular weight is 305 g/mol. The molecule has 0 unspecified atom stereocenters. The Morgan fingerprint density at radius 3 is 1.36 bits per heavy atom. The Balaban J connectivity index is 3.75. The largest absolute Gasteiger partial charge is 0.277 e. The molecule has 0 N–H and O–H groups in total. The molecule has 2 heteroatoms. The van der Waals surface area contributed by atoms with Gasteiger partial charge in [-0.25, -0.2) is 0 Å². The van der Waals surface area contributed by atoms with Gasteiger partial charge in [-0.2, -0.15) is 0 Å². The summed E-state index contributed by atoms with van der Waals surface area (Å²) in [5.41, 5.74) is 4.72. The van der Waals surface area contributed by atoms with E-state index in [9.17, 15) is 0 Å². The lowest BCUT2D eigenvalue weighted by atomic mass is 9.75. The first-order valence-electron chi connectivity index (χ1n) is 8.39. The molecule has 0 atom stereocenters. The molecule has 2 nitrogen and oxygen atoms in total. The third kappa shape index (κ3) is 4.30. The lowest BCUT2D eigenvalue weighted by Crippen LogP contribution is -2.33. The van der Waals surface area contributed by atoms with Crippen LogP contribution in [-0.2, 0) is 0 Å². The van der Waals surface area contributed by atoms with Crippen molar-refractivity contribution in [3.63, 3.8) is 0 Å². The standard InChI is InChI=1S/C20H36N2/c1-17(2,3)13-14(22-20(10,11)12)16(19(7,8)9)21-15(13)18(4,5)6/h1-12H3. The van der Waals surface area contributed by atoms with E-state index in [1.54, 1.807) is 0 Å². The molecule has 1 heterocycles. The fourth-order valence-electron chi connectivity index (χ4n) is 2.67. The average Bonchev–Trinajstić information content (AvgIpc) is 2.51. The molecule has 126 valence electrons. The van der Waals surface area contributed by atoms with Crippen molar-refractivity contribution in [3.8, 4) is 0 Å². The lowest BCUT2D eigenvalue weighted by Gasteiger charge is -2.30. The number of allylic oxidation sites excluding steroid dienone is 2. The van der Waals surface area contributed by atoms with Crippen LogP contribution in [0.15, 0.2) is 21.3 Å². The van der Waals surface area contributed by atoms with E-state index < -0.39 is 0 Å². The van der Waals surface area contributed by atoms with Crippen LogP contribution in [0.5, 0.6) is 0 Å². The molecule has 1 aliphatic rings. The maximum atomic E-state index is 5.11. The summed E-state index contributed by atoms with van der Waals surface area (Å²) >= 11 is 0. The van der Waals surface area contributed by atoms with E-state index in [0.717, 1.165) is 11.4 Å². The zero-order valence-electron chi connectivity index (χ0n) is 16.9. The van der Waals surface area contributed by atoms with Gasteiger partial charge in [-0.15, -0.1) is 0 Å². The van der Waals surface area contributed by atoms with E-state index >= 15 is 0 Å². The van der Waals surface area contributed by atoms with Gasteiger partial charge in [0.1, 0.15) is 0 Å². The third-order valence-electron chi connectivity index (χ3n) is 3.54. The molecule has 0 spiro atoms. The van der Waals surface area contributed by atoms with Crippen LogP contribution in [0.4, 0.5) is 0 Å². The van der Waals surface area contributed by atoms with Gasteiger partial charge in [-0.1, -0.05) is 62.3 Å². The summed E-state index contributed by atoms with van der Waals surface area (Å²) in [6.45, 7) is 26.7. The molecule has 0 aromatic carbocycles. The maximum absolute atomic E-state index is 5.11. The summed E-state index contributed by atoms with van der Waals surface area (Å²) < 4.78 is 0. The molecule has 1 aliphatic heterocycles. The summed E-state index contributed by atoms with van der Waals surface area (Å²) in [6, 6.07) is 0. The van der Waals surface area contributed by atoms with Crippen molar-refractivity contribution in [3.05, 3.63) is 11.3 Å². The Bertz CT molecular complexity index is 514. The number of aliphatic imine (C=N–C) groups is 2. The van der Waals surface area contributed by atoms with E-state index in [2.05, 4.69) is 83.1 Å². The second-order valence-electron chi connectivity index (χ2n) is 10.6. The van der Waals surface area contributed by atoms with Crippen LogP contribution in [0.25, 0.3) is 0 Å². The SMILES string of the molecule is CC(C)(C)N=C1C(C(C)(C)C)=NC(C(C)(C)C)=C1C(C)(C)C. The molecular formula is C20H36N2. The summed E-state index contributed by atoms with van der Waals surface area (Å²) in [7, 11) is 0. The normalized spacial score (nSPS) is 20.0. The van der Waals surface area contributed by atoms with Crippen molar-refractivity contribution in [1.29, 1.82) is 0 Å². The summed E-state index contributed by atoms with van der Waals surface area (Å²) in [4.78, 5) is 10.2. The Labute approximate surface area is 138 Å². The molecule has 0 aliphatic carbocycles. The number of hydrogen-bond acceptors (Lipinski definition) is 2. The first-order chi connectivity index (χ1) is 9.44. The van der Waals surface area contributed by atoms with Crippen molar-refractivity contribution in [2.45, 2.75) is 88.6 Å². The molecule has 0 fully saturated rings. The highest BCUT2D eigenvalue weighted by Gasteiger charge is 2.41. The molecule has 0 saturated carbocycles. The van der Waals surface area contributed by atoms with Crippen LogP contribution in [-0.4, -0.2) is 17.0 Å². The van der Waals surface area contributed by atoms with Gasteiger partial charge in [0.15, 0.2) is 0 Å². The van der Waals surface area contributed by atoms with Gasteiger partial charge in [0, 0.05) is 16.4 Å². The van der Waals surface area contributed by atoms with Gasteiger partial charge in [-0.3, -0.25) is 9.98 Å². The van der Waals surface area contributed by atoms with Crippen molar-refractivity contribution in [2.75, 3.05) is 0 Å². The predicted molar refractivity (Wildman–Crippen MR) is 100 cm³/mol. The van der Waals surface area contributed by atoms with E-state index in [-0.39, 0.29) is 21.8 Å². The Morgan fingerprint density at radius 2 is 1.09 bits per heavy atom. The van der Waals surface area contributed by atoms with Crippen LogP contribution in [0.3, 0.4) is 0 Å². The monoisotopic (exact) mass is 304 g/mol. The highest BCUT2D eigenvalue weighted by Crippen LogP contribution is 2.44. The zero-order valence-corrected chi connectivity index (χ0v) is 16.9. The first kappa shape index (κ1) is 19.1. The molecule has 0 saturated heterocycles. The van der Waals surface area contributed by atoms with Crippen LogP contribution in [0.1, 0.15) is 83.1 Å². The molecule has 0 radical (unpaired) electrons. The molecule has 0 aromatic rings. The Morgan fingerprint density at radius 1 is 0.636 bits per heavy atom. The number of rotatable bonds is 0. The van der Waals surface area contributed by atoms with E-state index in [0.29, 0.717) is 0 Å². The summed E-state index contributed by atoms with van der Waals surface area (Å²) in [5, 5.41) is 0. The summed E-state index contributed by atoms with van der Waals surface area (Å²) in [5.74, 6) is 0. The van der Waals surface area contributed by atoms with Crippen molar-refractivity contribution >= 4 is 11.4 Å². The van der Waals surface area contributed by atoms with E-state index in [1.165, 1.54) is 11.3 Å². The third-order valence-corrected chi connectivity index (χ3v) is 3.54. The van der Waals surface area contributed by atoms with E-state index in [4.69, 9.17) is 9.98 Å². The second-order valence-corrected chi connectivity index (χ2v) is 10.6. The Kier molecular flexibility index (Phi) is 4.62. The van der Waals surface area contributed by atoms with Gasteiger partial charge in [-0.05, 0) is 26.2 Å². The van der Waals surface area contributed by atoms with Crippen molar-refractivity contribution in [1.82, 2.24) is 0 Å². The van der Waals surface area contributed by atoms with Gasteiger partial charge >= 0.3 is 0 Å². The van der Waals surface area contributed by atoms with Crippen molar-refractivity contribution < 1.29 is 0 Å². The highest BCUT2D eigenvalue weighted by molar-refractivity contribution is 6.52. The first-order valence-corrected chi connectivity index (χ1v) is 8.39. The fraction of sp³-hybridized carbons (Fsp3) is 0.800. The molecule has 22 heavy (non-hydrogen) atoms. The molecular weight excluding hydrogens is 268 g/mol. The molecule has 0 bridgehead atoms. The Hall–Kier alpha value is -0.920. The van der Waals surface area contributed by atoms with Crippen LogP contribution in [0, 0.1) is 16.2 Å².